The van der Waals surface area contributed by atoms with Crippen molar-refractivity contribution in [1.82, 2.24) is 10.2 Å². The summed E-state index contributed by atoms with van der Waals surface area (Å²) in [5.41, 5.74) is 3.18. The summed E-state index contributed by atoms with van der Waals surface area (Å²) in [5.74, 6) is 0.549. The molecule has 0 saturated carbocycles. The normalized spacial score (nSPS) is 14.1. The molecular weight excluding hydrogens is 502 g/mol. The molecule has 1 aliphatic rings. The van der Waals surface area contributed by atoms with E-state index in [0.717, 1.165) is 25.2 Å². The van der Waals surface area contributed by atoms with Crippen molar-refractivity contribution in [3.63, 3.8) is 0 Å². The number of anilines is 1. The first-order valence-electron chi connectivity index (χ1n) is 12.7. The van der Waals surface area contributed by atoms with Crippen molar-refractivity contribution in [2.45, 2.75) is 37.2 Å². The topological polar surface area (TPSA) is 88.2 Å². The Morgan fingerprint density at radius 1 is 0.895 bits per heavy atom. The van der Waals surface area contributed by atoms with Crippen LogP contribution >= 0.6 is 0 Å². The van der Waals surface area contributed by atoms with E-state index < -0.39 is 10.0 Å². The van der Waals surface area contributed by atoms with Crippen LogP contribution in [0.1, 0.15) is 40.7 Å². The standard InChI is InChI=1S/C29H35N3O5S/c1-31(38(34,35)26-14-15-27(36-2)28(19-26)37-3)25-12-10-24(11-13-25)29(33)30-20-22-8-7-9-23(18-22)21-32-16-5-4-6-17-32/h7-15,18-19H,4-6,16-17,20-21H2,1-3H3,(H,30,33). The number of likely N-dealkylation sites (tertiary alicyclic amines) is 1. The van der Waals surface area contributed by atoms with E-state index in [1.54, 1.807) is 30.3 Å². The van der Waals surface area contributed by atoms with Crippen LogP contribution in [0.25, 0.3) is 0 Å². The number of methoxy groups -OCH3 is 2. The third-order valence-corrected chi connectivity index (χ3v) is 8.59. The third-order valence-electron chi connectivity index (χ3n) is 6.81. The fourth-order valence-electron chi connectivity index (χ4n) is 4.59. The Bertz CT molecular complexity index is 1350. The molecule has 3 aromatic carbocycles. The average Bonchev–Trinajstić information content (AvgIpc) is 2.96. The van der Waals surface area contributed by atoms with Crippen molar-refractivity contribution in [2.24, 2.45) is 0 Å². The van der Waals surface area contributed by atoms with Crippen LogP contribution in [0.3, 0.4) is 0 Å². The van der Waals surface area contributed by atoms with E-state index in [2.05, 4.69) is 22.3 Å². The number of amides is 1. The van der Waals surface area contributed by atoms with E-state index >= 15 is 0 Å². The molecule has 0 radical (unpaired) electrons. The zero-order valence-electron chi connectivity index (χ0n) is 22.1. The van der Waals surface area contributed by atoms with Gasteiger partial charge in [0.25, 0.3) is 15.9 Å². The summed E-state index contributed by atoms with van der Waals surface area (Å²) in [4.78, 5) is 15.3. The van der Waals surface area contributed by atoms with Gasteiger partial charge in [-0.3, -0.25) is 14.0 Å². The molecule has 1 saturated heterocycles. The van der Waals surface area contributed by atoms with Gasteiger partial charge in [-0.15, -0.1) is 0 Å². The highest BCUT2D eigenvalue weighted by atomic mass is 32.2. The number of nitrogens with one attached hydrogen (secondary N) is 1. The summed E-state index contributed by atoms with van der Waals surface area (Å²) in [5, 5.41) is 2.96. The van der Waals surface area contributed by atoms with E-state index in [1.165, 1.54) is 62.5 Å². The molecule has 0 spiro atoms. The Kier molecular flexibility index (Phi) is 8.91. The van der Waals surface area contributed by atoms with Crippen LogP contribution in [0.2, 0.25) is 0 Å². The van der Waals surface area contributed by atoms with Gasteiger partial charge in [-0.05, 0) is 73.5 Å². The predicted molar refractivity (Wildman–Crippen MR) is 148 cm³/mol. The molecule has 1 heterocycles. The van der Waals surface area contributed by atoms with Gasteiger partial charge in [-0.1, -0.05) is 30.7 Å². The van der Waals surface area contributed by atoms with E-state index in [0.29, 0.717) is 29.3 Å². The minimum Gasteiger partial charge on any atom is -0.493 e. The van der Waals surface area contributed by atoms with Gasteiger partial charge >= 0.3 is 0 Å². The zero-order valence-corrected chi connectivity index (χ0v) is 23.0. The summed E-state index contributed by atoms with van der Waals surface area (Å²) in [6, 6.07) is 19.2. The van der Waals surface area contributed by atoms with Crippen LogP contribution in [-0.2, 0) is 23.1 Å². The highest BCUT2D eigenvalue weighted by Crippen LogP contribution is 2.31. The summed E-state index contributed by atoms with van der Waals surface area (Å²) in [7, 11) is 0.562. The highest BCUT2D eigenvalue weighted by molar-refractivity contribution is 7.92. The molecule has 0 aliphatic carbocycles. The first-order chi connectivity index (χ1) is 18.3. The molecule has 0 atom stereocenters. The van der Waals surface area contributed by atoms with E-state index in [1.807, 2.05) is 12.1 Å². The molecule has 1 amide bonds. The Balaban J connectivity index is 1.38. The van der Waals surface area contributed by atoms with Gasteiger partial charge in [0.05, 0.1) is 24.8 Å². The van der Waals surface area contributed by atoms with Crippen molar-refractivity contribution in [3.8, 4) is 11.5 Å². The van der Waals surface area contributed by atoms with Crippen LogP contribution in [0.4, 0.5) is 5.69 Å². The molecule has 8 nitrogen and oxygen atoms in total. The van der Waals surface area contributed by atoms with E-state index in [-0.39, 0.29) is 10.8 Å². The second-order valence-corrected chi connectivity index (χ2v) is 11.3. The molecule has 1 fully saturated rings. The maximum absolute atomic E-state index is 13.2. The van der Waals surface area contributed by atoms with E-state index in [9.17, 15) is 13.2 Å². The van der Waals surface area contributed by atoms with Crippen LogP contribution < -0.4 is 19.1 Å². The quantitative estimate of drug-likeness (QED) is 0.411. The van der Waals surface area contributed by atoms with Crippen molar-refractivity contribution in [1.29, 1.82) is 0 Å². The Labute approximate surface area is 225 Å². The highest BCUT2D eigenvalue weighted by Gasteiger charge is 2.23. The Morgan fingerprint density at radius 3 is 2.26 bits per heavy atom. The minimum atomic E-state index is -3.85. The summed E-state index contributed by atoms with van der Waals surface area (Å²) in [6.07, 6.45) is 3.83. The second kappa shape index (κ2) is 12.3. The van der Waals surface area contributed by atoms with Gasteiger partial charge in [0.1, 0.15) is 0 Å². The number of carbonyl (C=O) groups is 1. The minimum absolute atomic E-state index is 0.0713. The molecule has 202 valence electrons. The molecule has 0 unspecified atom stereocenters. The Morgan fingerprint density at radius 2 is 1.58 bits per heavy atom. The molecule has 4 rings (SSSR count). The number of nitrogens with zero attached hydrogens (tertiary/aromatic N) is 2. The van der Waals surface area contributed by atoms with Gasteiger partial charge in [0.15, 0.2) is 11.5 Å². The van der Waals surface area contributed by atoms with Gasteiger partial charge < -0.3 is 14.8 Å². The van der Waals surface area contributed by atoms with Crippen molar-refractivity contribution in [2.75, 3.05) is 38.7 Å². The van der Waals surface area contributed by atoms with Gasteiger partial charge in [-0.25, -0.2) is 8.42 Å². The maximum atomic E-state index is 13.2. The molecule has 3 aromatic rings. The molecular formula is C29H35N3O5S. The van der Waals surface area contributed by atoms with Crippen LogP contribution in [0, 0.1) is 0 Å². The number of rotatable bonds is 10. The fraction of sp³-hybridized carbons (Fsp3) is 0.345. The molecule has 0 bridgehead atoms. The summed E-state index contributed by atoms with van der Waals surface area (Å²) >= 11 is 0. The lowest BCUT2D eigenvalue weighted by atomic mass is 10.1. The predicted octanol–water partition coefficient (Wildman–Crippen LogP) is 4.44. The first-order valence-corrected chi connectivity index (χ1v) is 14.1. The number of piperidine rings is 1. The van der Waals surface area contributed by atoms with Crippen molar-refractivity contribution >= 4 is 21.6 Å². The van der Waals surface area contributed by atoms with Gasteiger partial charge in [-0.2, -0.15) is 0 Å². The molecule has 38 heavy (non-hydrogen) atoms. The van der Waals surface area contributed by atoms with Gasteiger partial charge in [0.2, 0.25) is 0 Å². The Hall–Kier alpha value is -3.56. The van der Waals surface area contributed by atoms with Crippen molar-refractivity contribution in [3.05, 3.63) is 83.4 Å². The van der Waals surface area contributed by atoms with E-state index in [4.69, 9.17) is 9.47 Å². The first kappa shape index (κ1) is 27.5. The van der Waals surface area contributed by atoms with Crippen LogP contribution in [0.15, 0.2) is 71.6 Å². The smallest absolute Gasteiger partial charge is 0.264 e. The molecule has 1 aliphatic heterocycles. The lowest BCUT2D eigenvalue weighted by Crippen LogP contribution is -2.29. The SMILES string of the molecule is COc1ccc(S(=O)(=O)N(C)c2ccc(C(=O)NCc3cccc(CN4CCCCC4)c3)cc2)cc1OC. The number of hydrogen-bond acceptors (Lipinski definition) is 6. The van der Waals surface area contributed by atoms with Crippen molar-refractivity contribution < 1.29 is 22.7 Å². The second-order valence-electron chi connectivity index (χ2n) is 9.38. The zero-order chi connectivity index (χ0) is 27.1. The number of ether oxygens (including phenoxy) is 2. The lowest BCUT2D eigenvalue weighted by Gasteiger charge is -2.26. The van der Waals surface area contributed by atoms with Gasteiger partial charge in [0, 0.05) is 31.8 Å². The molecule has 9 heteroatoms. The molecule has 0 aromatic heterocycles. The average molecular weight is 538 g/mol. The largest absolute Gasteiger partial charge is 0.493 e. The third kappa shape index (κ3) is 6.46. The maximum Gasteiger partial charge on any atom is 0.264 e. The number of sulfonamides is 1. The van der Waals surface area contributed by atoms with Crippen LogP contribution in [-0.4, -0.2) is 53.6 Å². The number of hydrogen-bond donors (Lipinski definition) is 1. The monoisotopic (exact) mass is 537 g/mol. The number of carbonyl (C=O) groups excluding carboxylic acids is 1. The summed E-state index contributed by atoms with van der Waals surface area (Å²) < 4.78 is 38.0. The summed E-state index contributed by atoms with van der Waals surface area (Å²) in [6.45, 7) is 3.63. The fourth-order valence-corrected chi connectivity index (χ4v) is 5.81. The lowest BCUT2D eigenvalue weighted by molar-refractivity contribution is 0.0951. The van der Waals surface area contributed by atoms with Crippen LogP contribution in [0.5, 0.6) is 11.5 Å². The molecule has 1 N–H and O–H groups in total. The number of benzene rings is 3.